The van der Waals surface area contributed by atoms with Crippen LogP contribution in [0, 0.1) is 0 Å². The van der Waals surface area contributed by atoms with Crippen LogP contribution in [0.25, 0.3) is 0 Å². The van der Waals surface area contributed by atoms with Gasteiger partial charge in [0.1, 0.15) is 0 Å². The molecule has 0 bridgehead atoms. The van der Waals surface area contributed by atoms with Crippen LogP contribution in [-0.2, 0) is 4.74 Å². The monoisotopic (exact) mass is 301 g/mol. The lowest BCUT2D eigenvalue weighted by Crippen LogP contribution is -2.41. The molecule has 19 heavy (non-hydrogen) atoms. The molecule has 1 heterocycles. The Labute approximate surface area is 123 Å². The lowest BCUT2D eigenvalue weighted by molar-refractivity contribution is 0.0314. The summed E-state index contributed by atoms with van der Waals surface area (Å²) in [6, 6.07) is 5.00. The third kappa shape index (κ3) is 3.93. The first-order valence-corrected chi connectivity index (χ1v) is 7.09. The van der Waals surface area contributed by atoms with E-state index < -0.39 is 0 Å². The Morgan fingerprint density at radius 3 is 2.89 bits per heavy atom. The van der Waals surface area contributed by atoms with Crippen LogP contribution in [0.15, 0.2) is 18.2 Å². The van der Waals surface area contributed by atoms with Crippen molar-refractivity contribution in [1.82, 2.24) is 4.90 Å². The first-order chi connectivity index (χ1) is 9.10. The largest absolute Gasteiger partial charge is 0.380 e. The van der Waals surface area contributed by atoms with Gasteiger partial charge >= 0.3 is 0 Å². The molecule has 0 saturated carbocycles. The first kappa shape index (κ1) is 14.8. The summed E-state index contributed by atoms with van der Waals surface area (Å²) >= 11 is 11.8. The highest BCUT2D eigenvalue weighted by atomic mass is 35.5. The standard InChI is InChI=1S/C14H17Cl2NO2/c1-19-11-3-2-6-17(8-11)9-14(18)10-4-5-12(15)13(16)7-10/h4-5,7,11H,2-3,6,8-9H2,1H3. The molecule has 1 atom stereocenters. The van der Waals surface area contributed by atoms with Gasteiger partial charge in [0, 0.05) is 19.2 Å². The van der Waals surface area contributed by atoms with E-state index in [1.54, 1.807) is 25.3 Å². The Kier molecular flexibility index (Phi) is 5.22. The topological polar surface area (TPSA) is 29.5 Å². The molecule has 0 radical (unpaired) electrons. The van der Waals surface area contributed by atoms with Crippen LogP contribution in [0.5, 0.6) is 0 Å². The van der Waals surface area contributed by atoms with Gasteiger partial charge in [-0.05, 0) is 37.6 Å². The van der Waals surface area contributed by atoms with Crippen LogP contribution in [0.2, 0.25) is 10.0 Å². The van der Waals surface area contributed by atoms with Crippen molar-refractivity contribution in [3.8, 4) is 0 Å². The van der Waals surface area contributed by atoms with Gasteiger partial charge in [-0.1, -0.05) is 23.2 Å². The van der Waals surface area contributed by atoms with E-state index >= 15 is 0 Å². The van der Waals surface area contributed by atoms with E-state index in [1.807, 2.05) is 0 Å². The number of rotatable bonds is 4. The van der Waals surface area contributed by atoms with E-state index in [2.05, 4.69) is 4.90 Å². The van der Waals surface area contributed by atoms with E-state index in [0.29, 0.717) is 22.2 Å². The van der Waals surface area contributed by atoms with E-state index in [4.69, 9.17) is 27.9 Å². The Morgan fingerprint density at radius 2 is 2.21 bits per heavy atom. The number of ketones is 1. The molecule has 1 aromatic rings. The number of benzene rings is 1. The van der Waals surface area contributed by atoms with Gasteiger partial charge in [0.2, 0.25) is 0 Å². The van der Waals surface area contributed by atoms with Crippen LogP contribution in [0.3, 0.4) is 0 Å². The van der Waals surface area contributed by atoms with Gasteiger partial charge in [0.15, 0.2) is 5.78 Å². The smallest absolute Gasteiger partial charge is 0.176 e. The Hall–Kier alpha value is -0.610. The maximum Gasteiger partial charge on any atom is 0.176 e. The highest BCUT2D eigenvalue weighted by Crippen LogP contribution is 2.23. The minimum atomic E-state index is 0.0651. The summed E-state index contributed by atoms with van der Waals surface area (Å²) in [5.74, 6) is 0.0651. The zero-order valence-electron chi connectivity index (χ0n) is 10.9. The van der Waals surface area contributed by atoms with Crippen molar-refractivity contribution in [2.45, 2.75) is 18.9 Å². The summed E-state index contributed by atoms with van der Waals surface area (Å²) in [6.07, 6.45) is 2.36. The van der Waals surface area contributed by atoms with Gasteiger partial charge in [0.25, 0.3) is 0 Å². The molecule has 3 nitrogen and oxygen atoms in total. The lowest BCUT2D eigenvalue weighted by Gasteiger charge is -2.31. The average molecular weight is 302 g/mol. The zero-order chi connectivity index (χ0) is 13.8. The number of hydrogen-bond acceptors (Lipinski definition) is 3. The molecular weight excluding hydrogens is 285 g/mol. The number of nitrogens with zero attached hydrogens (tertiary/aromatic N) is 1. The van der Waals surface area contributed by atoms with Crippen molar-refractivity contribution in [3.05, 3.63) is 33.8 Å². The number of likely N-dealkylation sites (tertiary alicyclic amines) is 1. The molecule has 0 spiro atoms. The van der Waals surface area contributed by atoms with Crippen LogP contribution in [-0.4, -0.2) is 43.5 Å². The van der Waals surface area contributed by atoms with Crippen molar-refractivity contribution in [3.63, 3.8) is 0 Å². The fourth-order valence-electron chi connectivity index (χ4n) is 2.31. The van der Waals surface area contributed by atoms with Crippen LogP contribution >= 0.6 is 23.2 Å². The van der Waals surface area contributed by atoms with E-state index in [-0.39, 0.29) is 11.9 Å². The molecule has 1 aromatic carbocycles. The van der Waals surface area contributed by atoms with Crippen molar-refractivity contribution >= 4 is 29.0 Å². The quantitative estimate of drug-likeness (QED) is 0.799. The number of carbonyl (C=O) groups excluding carboxylic acids is 1. The molecule has 0 aromatic heterocycles. The average Bonchev–Trinajstić information content (AvgIpc) is 2.42. The normalized spacial score (nSPS) is 20.5. The summed E-state index contributed by atoms with van der Waals surface area (Å²) in [4.78, 5) is 14.3. The Balaban J connectivity index is 1.98. The van der Waals surface area contributed by atoms with E-state index in [9.17, 15) is 4.79 Å². The molecule has 0 N–H and O–H groups in total. The fourth-order valence-corrected chi connectivity index (χ4v) is 2.61. The first-order valence-electron chi connectivity index (χ1n) is 6.33. The highest BCUT2D eigenvalue weighted by molar-refractivity contribution is 6.42. The summed E-state index contributed by atoms with van der Waals surface area (Å²) in [5.41, 5.74) is 0.606. The van der Waals surface area contributed by atoms with Crippen LogP contribution in [0.1, 0.15) is 23.2 Å². The number of halogens is 2. The van der Waals surface area contributed by atoms with Gasteiger partial charge < -0.3 is 4.74 Å². The van der Waals surface area contributed by atoms with E-state index in [0.717, 1.165) is 25.9 Å². The maximum atomic E-state index is 12.2. The number of ether oxygens (including phenoxy) is 1. The van der Waals surface area contributed by atoms with Gasteiger partial charge in [0.05, 0.1) is 22.7 Å². The second kappa shape index (κ2) is 6.71. The molecule has 1 aliphatic heterocycles. The number of hydrogen-bond donors (Lipinski definition) is 0. The van der Waals surface area contributed by atoms with Crippen molar-refractivity contribution < 1.29 is 9.53 Å². The summed E-state index contributed by atoms with van der Waals surface area (Å²) < 4.78 is 5.35. The van der Waals surface area contributed by atoms with Crippen molar-refractivity contribution in [2.75, 3.05) is 26.7 Å². The molecule has 2 rings (SSSR count). The number of piperidine rings is 1. The summed E-state index contributed by atoms with van der Waals surface area (Å²) in [6.45, 7) is 2.15. The van der Waals surface area contributed by atoms with E-state index in [1.165, 1.54) is 0 Å². The van der Waals surface area contributed by atoms with Gasteiger partial charge in [-0.3, -0.25) is 9.69 Å². The molecular formula is C14H17Cl2NO2. The van der Waals surface area contributed by atoms with Gasteiger partial charge in [-0.15, -0.1) is 0 Å². The van der Waals surface area contributed by atoms with Crippen molar-refractivity contribution in [2.24, 2.45) is 0 Å². The third-order valence-corrected chi connectivity index (χ3v) is 4.14. The minimum Gasteiger partial charge on any atom is -0.380 e. The second-order valence-corrected chi connectivity index (χ2v) is 5.60. The zero-order valence-corrected chi connectivity index (χ0v) is 12.4. The number of carbonyl (C=O) groups is 1. The molecule has 0 amide bonds. The molecule has 0 aliphatic carbocycles. The molecule has 1 saturated heterocycles. The molecule has 5 heteroatoms. The SMILES string of the molecule is COC1CCCN(CC(=O)c2ccc(Cl)c(Cl)c2)C1. The number of Topliss-reactive ketones (excluding diaryl/α,β-unsaturated/α-hetero) is 1. The molecule has 1 unspecified atom stereocenters. The molecule has 104 valence electrons. The van der Waals surface area contributed by atoms with Gasteiger partial charge in [-0.2, -0.15) is 0 Å². The van der Waals surface area contributed by atoms with Crippen LogP contribution in [0.4, 0.5) is 0 Å². The highest BCUT2D eigenvalue weighted by Gasteiger charge is 2.21. The van der Waals surface area contributed by atoms with Crippen molar-refractivity contribution in [1.29, 1.82) is 0 Å². The third-order valence-electron chi connectivity index (χ3n) is 3.40. The Bertz CT molecular complexity index is 465. The summed E-state index contributed by atoms with van der Waals surface area (Å²) in [7, 11) is 1.72. The minimum absolute atomic E-state index is 0.0651. The van der Waals surface area contributed by atoms with Crippen LogP contribution < -0.4 is 0 Å². The predicted molar refractivity (Wildman–Crippen MR) is 77.3 cm³/mol. The van der Waals surface area contributed by atoms with Gasteiger partial charge in [-0.25, -0.2) is 0 Å². The second-order valence-electron chi connectivity index (χ2n) is 4.79. The lowest BCUT2D eigenvalue weighted by atomic mass is 10.1. The maximum absolute atomic E-state index is 12.2. The fraction of sp³-hybridized carbons (Fsp3) is 0.500. The Morgan fingerprint density at radius 1 is 1.42 bits per heavy atom. The molecule has 1 aliphatic rings. The summed E-state index contributed by atoms with van der Waals surface area (Å²) in [5, 5.41) is 0.886. The molecule has 1 fully saturated rings. The number of methoxy groups -OCH3 is 1. The predicted octanol–water partition coefficient (Wildman–Crippen LogP) is 3.29.